The molecule has 0 aliphatic rings. The summed E-state index contributed by atoms with van der Waals surface area (Å²) in [4.78, 5) is 4.24. The molecule has 0 saturated carbocycles. The van der Waals surface area contributed by atoms with Crippen molar-refractivity contribution in [1.29, 1.82) is 0 Å². The van der Waals surface area contributed by atoms with Crippen molar-refractivity contribution in [2.24, 2.45) is 4.99 Å². The quantitative estimate of drug-likeness (QED) is 0.595. The molecule has 0 unspecified atom stereocenters. The molecule has 2 rings (SSSR count). The second-order valence-corrected chi connectivity index (χ2v) is 6.54. The molecule has 25 heavy (non-hydrogen) atoms. The lowest BCUT2D eigenvalue weighted by molar-refractivity contribution is 0.502. The van der Waals surface area contributed by atoms with E-state index in [0.717, 1.165) is 30.3 Å². The number of halogens is 1. The number of benzene rings is 1. The maximum atomic E-state index is 13.5. The summed E-state index contributed by atoms with van der Waals surface area (Å²) in [6.45, 7) is 8.33. The number of nitrogens with one attached hydrogen (secondary N) is 2. The van der Waals surface area contributed by atoms with Crippen LogP contribution in [0.5, 0.6) is 0 Å². The lowest BCUT2D eigenvalue weighted by atomic mass is 9.84. The third kappa shape index (κ3) is 5.27. The minimum absolute atomic E-state index is 0.214. The Morgan fingerprint density at radius 1 is 1.32 bits per heavy atom. The summed E-state index contributed by atoms with van der Waals surface area (Å²) in [5.41, 5.74) is 0.733. The highest BCUT2D eigenvalue weighted by Gasteiger charge is 2.21. The zero-order valence-corrected chi connectivity index (χ0v) is 15.4. The first-order valence-corrected chi connectivity index (χ1v) is 8.53. The monoisotopic (exact) mass is 346 g/mol. The fourth-order valence-corrected chi connectivity index (χ4v) is 2.57. The van der Waals surface area contributed by atoms with Crippen molar-refractivity contribution < 1.29 is 4.39 Å². The molecule has 0 radical (unpaired) electrons. The Morgan fingerprint density at radius 2 is 2.12 bits per heavy atom. The molecule has 6 nitrogen and oxygen atoms in total. The fraction of sp³-hybridized carbons (Fsp3) is 0.500. The van der Waals surface area contributed by atoms with Gasteiger partial charge in [0.1, 0.15) is 18.0 Å². The van der Waals surface area contributed by atoms with Crippen molar-refractivity contribution in [1.82, 2.24) is 25.4 Å². The second-order valence-electron chi connectivity index (χ2n) is 6.54. The third-order valence-corrected chi connectivity index (χ3v) is 4.18. The Kier molecular flexibility index (Phi) is 6.50. The highest BCUT2D eigenvalue weighted by Crippen LogP contribution is 2.22. The van der Waals surface area contributed by atoms with Crippen molar-refractivity contribution in [2.75, 3.05) is 20.1 Å². The molecule has 2 N–H and O–H groups in total. The van der Waals surface area contributed by atoms with Gasteiger partial charge >= 0.3 is 0 Å². The van der Waals surface area contributed by atoms with Gasteiger partial charge in [0.2, 0.25) is 0 Å². The zero-order valence-electron chi connectivity index (χ0n) is 15.4. The summed E-state index contributed by atoms with van der Waals surface area (Å²) in [6, 6.07) is 6.72. The van der Waals surface area contributed by atoms with Crippen LogP contribution in [0.2, 0.25) is 0 Å². The molecule has 0 saturated heterocycles. The summed E-state index contributed by atoms with van der Waals surface area (Å²) < 4.78 is 15.5. The van der Waals surface area contributed by atoms with Crippen LogP contribution in [0.4, 0.5) is 4.39 Å². The van der Waals surface area contributed by atoms with Crippen LogP contribution < -0.4 is 10.6 Å². The average molecular weight is 346 g/mol. The van der Waals surface area contributed by atoms with Gasteiger partial charge in [-0.3, -0.25) is 4.99 Å². The van der Waals surface area contributed by atoms with E-state index in [1.54, 1.807) is 25.5 Å². The smallest absolute Gasteiger partial charge is 0.191 e. The topological polar surface area (TPSA) is 67.1 Å². The van der Waals surface area contributed by atoms with Crippen LogP contribution in [0.15, 0.2) is 35.6 Å². The van der Waals surface area contributed by atoms with Gasteiger partial charge in [-0.15, -0.1) is 10.2 Å². The first-order valence-electron chi connectivity index (χ1n) is 8.53. The second kappa shape index (κ2) is 8.60. The molecule has 0 aliphatic carbocycles. The first-order chi connectivity index (χ1) is 12.0. The van der Waals surface area contributed by atoms with Crippen LogP contribution in [-0.2, 0) is 18.4 Å². The number of hydrogen-bond donors (Lipinski definition) is 2. The minimum atomic E-state index is -0.219. The van der Waals surface area contributed by atoms with Gasteiger partial charge in [0.25, 0.3) is 0 Å². The molecule has 0 spiro atoms. The fourth-order valence-electron chi connectivity index (χ4n) is 2.57. The molecule has 0 atom stereocenters. The summed E-state index contributed by atoms with van der Waals surface area (Å²) in [6.07, 6.45) is 2.60. The molecule has 1 heterocycles. The van der Waals surface area contributed by atoms with E-state index in [2.05, 4.69) is 46.6 Å². The number of aliphatic imine (C=N–C) groups is 1. The van der Waals surface area contributed by atoms with E-state index in [-0.39, 0.29) is 11.2 Å². The van der Waals surface area contributed by atoms with Crippen LogP contribution in [0.25, 0.3) is 0 Å². The highest BCUT2D eigenvalue weighted by molar-refractivity contribution is 5.79. The van der Waals surface area contributed by atoms with Gasteiger partial charge in [0.15, 0.2) is 5.96 Å². The molecular formula is C18H27FN6. The number of nitrogens with zero attached hydrogens (tertiary/aromatic N) is 4. The van der Waals surface area contributed by atoms with Gasteiger partial charge in [0.05, 0.1) is 0 Å². The van der Waals surface area contributed by atoms with Crippen LogP contribution in [0, 0.1) is 5.82 Å². The number of aromatic nitrogens is 3. The SMILES string of the molecule is CCc1nncn1CCNC(=NC)NCC(C)(C)c1cccc(F)c1. The molecule has 136 valence electrons. The van der Waals surface area contributed by atoms with Gasteiger partial charge in [-0.05, 0) is 17.7 Å². The molecule has 0 aliphatic heterocycles. The van der Waals surface area contributed by atoms with E-state index in [1.807, 2.05) is 10.6 Å². The van der Waals surface area contributed by atoms with E-state index < -0.39 is 0 Å². The Bertz CT molecular complexity index is 707. The molecule has 7 heteroatoms. The van der Waals surface area contributed by atoms with Crippen molar-refractivity contribution in [3.8, 4) is 0 Å². The summed E-state index contributed by atoms with van der Waals surface area (Å²) >= 11 is 0. The Morgan fingerprint density at radius 3 is 2.80 bits per heavy atom. The summed E-state index contributed by atoms with van der Waals surface area (Å²) in [5, 5.41) is 14.6. The van der Waals surface area contributed by atoms with Crippen molar-refractivity contribution in [3.05, 3.63) is 47.8 Å². The average Bonchev–Trinajstić information content (AvgIpc) is 3.05. The van der Waals surface area contributed by atoms with Crippen LogP contribution in [-0.4, -0.2) is 40.9 Å². The maximum Gasteiger partial charge on any atom is 0.191 e. The molecule has 0 amide bonds. The van der Waals surface area contributed by atoms with E-state index in [1.165, 1.54) is 6.07 Å². The van der Waals surface area contributed by atoms with Crippen LogP contribution in [0.1, 0.15) is 32.2 Å². The first kappa shape index (κ1) is 18.9. The maximum absolute atomic E-state index is 13.5. The van der Waals surface area contributed by atoms with E-state index in [0.29, 0.717) is 13.1 Å². The molecule has 0 fully saturated rings. The Labute approximate surface area is 148 Å². The predicted molar refractivity (Wildman–Crippen MR) is 98.2 cm³/mol. The molecule has 1 aromatic heterocycles. The van der Waals surface area contributed by atoms with Gasteiger partial charge in [-0.25, -0.2) is 4.39 Å². The lowest BCUT2D eigenvalue weighted by Crippen LogP contribution is -2.44. The van der Waals surface area contributed by atoms with Crippen molar-refractivity contribution in [3.63, 3.8) is 0 Å². The summed E-state index contributed by atoms with van der Waals surface area (Å²) in [7, 11) is 1.74. The van der Waals surface area contributed by atoms with Crippen LogP contribution >= 0.6 is 0 Å². The Hall–Kier alpha value is -2.44. The molecule has 0 bridgehead atoms. The number of rotatable bonds is 7. The van der Waals surface area contributed by atoms with Gasteiger partial charge in [-0.1, -0.05) is 32.9 Å². The normalized spacial score (nSPS) is 12.3. The largest absolute Gasteiger partial charge is 0.356 e. The zero-order chi connectivity index (χ0) is 18.3. The van der Waals surface area contributed by atoms with Crippen molar-refractivity contribution >= 4 is 5.96 Å². The Balaban J connectivity index is 1.85. The molecule has 1 aromatic carbocycles. The van der Waals surface area contributed by atoms with E-state index in [9.17, 15) is 4.39 Å². The molecule has 2 aromatic rings. The number of guanidine groups is 1. The van der Waals surface area contributed by atoms with Gasteiger partial charge in [-0.2, -0.15) is 0 Å². The van der Waals surface area contributed by atoms with Crippen LogP contribution in [0.3, 0.4) is 0 Å². The standard InChI is InChI=1S/C18H27FN6/c1-5-16-24-23-13-25(16)10-9-21-17(20-4)22-12-18(2,3)14-7-6-8-15(19)11-14/h6-8,11,13H,5,9-10,12H2,1-4H3,(H2,20,21,22). The van der Waals surface area contributed by atoms with Gasteiger partial charge in [0, 0.05) is 38.5 Å². The number of aryl methyl sites for hydroxylation is 1. The van der Waals surface area contributed by atoms with Crippen molar-refractivity contribution in [2.45, 2.75) is 39.2 Å². The van der Waals surface area contributed by atoms with E-state index in [4.69, 9.17) is 0 Å². The number of hydrogen-bond acceptors (Lipinski definition) is 3. The molecular weight excluding hydrogens is 319 g/mol. The van der Waals surface area contributed by atoms with E-state index >= 15 is 0 Å². The summed E-state index contributed by atoms with van der Waals surface area (Å²) in [5.74, 6) is 1.47. The lowest BCUT2D eigenvalue weighted by Gasteiger charge is -2.27. The third-order valence-electron chi connectivity index (χ3n) is 4.18. The highest BCUT2D eigenvalue weighted by atomic mass is 19.1. The van der Waals surface area contributed by atoms with Gasteiger partial charge < -0.3 is 15.2 Å². The minimum Gasteiger partial charge on any atom is -0.356 e. The predicted octanol–water partition coefficient (Wildman–Crippen LogP) is 2.12.